The quantitative estimate of drug-likeness (QED) is 0.931. The van der Waals surface area contributed by atoms with Crippen LogP contribution in [0.4, 0.5) is 0 Å². The Bertz CT molecular complexity index is 544. The molecular formula is C15H17ClN2O. The lowest BCUT2D eigenvalue weighted by Gasteiger charge is -2.12. The number of hydrogen-bond donors (Lipinski definition) is 1. The first-order valence-electron chi connectivity index (χ1n) is 6.13. The third-order valence-electron chi connectivity index (χ3n) is 2.91. The summed E-state index contributed by atoms with van der Waals surface area (Å²) in [5.41, 5.74) is 9.49. The minimum absolute atomic E-state index is 0.439. The fourth-order valence-corrected chi connectivity index (χ4v) is 2.26. The van der Waals surface area contributed by atoms with Crippen molar-refractivity contribution in [2.75, 3.05) is 0 Å². The van der Waals surface area contributed by atoms with Crippen LogP contribution in [0.5, 0.6) is 5.75 Å². The van der Waals surface area contributed by atoms with Gasteiger partial charge in [-0.1, -0.05) is 17.7 Å². The summed E-state index contributed by atoms with van der Waals surface area (Å²) in [4.78, 5) is 4.31. The van der Waals surface area contributed by atoms with Gasteiger partial charge in [0.05, 0.1) is 5.69 Å². The Morgan fingerprint density at radius 3 is 2.42 bits per heavy atom. The maximum atomic E-state index is 5.99. The van der Waals surface area contributed by atoms with Gasteiger partial charge in [0.2, 0.25) is 0 Å². The van der Waals surface area contributed by atoms with E-state index in [4.69, 9.17) is 22.1 Å². The van der Waals surface area contributed by atoms with Crippen molar-refractivity contribution < 1.29 is 4.74 Å². The Balaban J connectivity index is 2.10. The van der Waals surface area contributed by atoms with E-state index in [-0.39, 0.29) is 0 Å². The molecule has 0 unspecified atom stereocenters. The van der Waals surface area contributed by atoms with Gasteiger partial charge in [0, 0.05) is 17.8 Å². The molecule has 0 aliphatic heterocycles. The molecule has 1 heterocycles. The summed E-state index contributed by atoms with van der Waals surface area (Å²) in [7, 11) is 0. The summed E-state index contributed by atoms with van der Waals surface area (Å²) in [6.45, 7) is 4.91. The molecule has 100 valence electrons. The second-order valence-electron chi connectivity index (χ2n) is 4.52. The minimum atomic E-state index is 0.439. The predicted octanol–water partition coefficient (Wildman–Crippen LogP) is 3.39. The standard InChI is InChI=1S/C15H17ClN2O/c1-10-5-13(16)6-11(2)15(10)19-9-14-4-3-12(7-17)8-18-14/h3-6,8H,7,9,17H2,1-2H3. The van der Waals surface area contributed by atoms with Gasteiger partial charge >= 0.3 is 0 Å². The minimum Gasteiger partial charge on any atom is -0.487 e. The molecule has 1 aromatic heterocycles. The van der Waals surface area contributed by atoms with Crippen LogP contribution in [0.25, 0.3) is 0 Å². The molecule has 4 heteroatoms. The van der Waals surface area contributed by atoms with Gasteiger partial charge in [0.1, 0.15) is 12.4 Å². The van der Waals surface area contributed by atoms with Gasteiger partial charge in [-0.15, -0.1) is 0 Å². The van der Waals surface area contributed by atoms with Crippen LogP contribution in [0.2, 0.25) is 5.02 Å². The van der Waals surface area contributed by atoms with Gasteiger partial charge in [-0.05, 0) is 48.7 Å². The molecule has 0 aliphatic rings. The molecule has 19 heavy (non-hydrogen) atoms. The molecule has 0 bridgehead atoms. The summed E-state index contributed by atoms with van der Waals surface area (Å²) in [6, 6.07) is 7.69. The van der Waals surface area contributed by atoms with Gasteiger partial charge in [0.15, 0.2) is 0 Å². The van der Waals surface area contributed by atoms with Crippen molar-refractivity contribution in [3.63, 3.8) is 0 Å². The van der Waals surface area contributed by atoms with Gasteiger partial charge < -0.3 is 10.5 Å². The molecule has 2 aromatic rings. The third-order valence-corrected chi connectivity index (χ3v) is 3.13. The lowest BCUT2D eigenvalue weighted by Crippen LogP contribution is -2.03. The first-order valence-corrected chi connectivity index (χ1v) is 6.51. The maximum Gasteiger partial charge on any atom is 0.130 e. The van der Waals surface area contributed by atoms with Crippen LogP contribution in [0.15, 0.2) is 30.5 Å². The molecule has 0 radical (unpaired) electrons. The summed E-state index contributed by atoms with van der Waals surface area (Å²) < 4.78 is 5.83. The van der Waals surface area contributed by atoms with Gasteiger partial charge in [-0.3, -0.25) is 4.98 Å². The number of nitrogens with zero attached hydrogens (tertiary/aromatic N) is 1. The molecule has 0 fully saturated rings. The van der Waals surface area contributed by atoms with Crippen LogP contribution in [0.1, 0.15) is 22.4 Å². The molecule has 0 saturated heterocycles. The summed E-state index contributed by atoms with van der Waals surface area (Å²) in [5.74, 6) is 0.870. The second-order valence-corrected chi connectivity index (χ2v) is 4.96. The number of halogens is 1. The van der Waals surface area contributed by atoms with Crippen LogP contribution < -0.4 is 10.5 Å². The SMILES string of the molecule is Cc1cc(Cl)cc(C)c1OCc1ccc(CN)cn1. The molecule has 0 spiro atoms. The Kier molecular flexibility index (Phi) is 4.40. The van der Waals surface area contributed by atoms with E-state index in [0.29, 0.717) is 13.2 Å². The van der Waals surface area contributed by atoms with Crippen molar-refractivity contribution in [2.45, 2.75) is 27.0 Å². The first-order chi connectivity index (χ1) is 9.10. The van der Waals surface area contributed by atoms with E-state index in [1.807, 2.05) is 38.1 Å². The number of hydrogen-bond acceptors (Lipinski definition) is 3. The molecule has 2 N–H and O–H groups in total. The Labute approximate surface area is 118 Å². The Hall–Kier alpha value is -1.58. The zero-order chi connectivity index (χ0) is 13.8. The van der Waals surface area contributed by atoms with E-state index in [1.54, 1.807) is 6.20 Å². The second kappa shape index (κ2) is 6.04. The highest BCUT2D eigenvalue weighted by Gasteiger charge is 2.06. The molecule has 0 amide bonds. The lowest BCUT2D eigenvalue weighted by atomic mass is 10.1. The van der Waals surface area contributed by atoms with Crippen LogP contribution in [0.3, 0.4) is 0 Å². The van der Waals surface area contributed by atoms with Crippen LogP contribution in [-0.4, -0.2) is 4.98 Å². The van der Waals surface area contributed by atoms with E-state index in [0.717, 1.165) is 33.2 Å². The largest absolute Gasteiger partial charge is 0.487 e. The molecule has 3 nitrogen and oxygen atoms in total. The summed E-state index contributed by atoms with van der Waals surface area (Å²) in [6.07, 6.45) is 1.78. The molecule has 1 aromatic carbocycles. The number of nitrogens with two attached hydrogens (primary N) is 1. The molecule has 0 atom stereocenters. The van der Waals surface area contributed by atoms with Crippen molar-refractivity contribution in [1.82, 2.24) is 4.98 Å². The van der Waals surface area contributed by atoms with Crippen molar-refractivity contribution in [2.24, 2.45) is 5.73 Å². The van der Waals surface area contributed by atoms with Crippen molar-refractivity contribution in [3.05, 3.63) is 57.9 Å². The van der Waals surface area contributed by atoms with Crippen molar-refractivity contribution in [3.8, 4) is 5.75 Å². The normalized spacial score (nSPS) is 10.5. The zero-order valence-corrected chi connectivity index (χ0v) is 11.9. The van der Waals surface area contributed by atoms with E-state index < -0.39 is 0 Å². The fraction of sp³-hybridized carbons (Fsp3) is 0.267. The number of ether oxygens (including phenoxy) is 1. The van der Waals surface area contributed by atoms with Crippen LogP contribution >= 0.6 is 11.6 Å². The highest BCUT2D eigenvalue weighted by molar-refractivity contribution is 6.30. The maximum absolute atomic E-state index is 5.99. The topological polar surface area (TPSA) is 48.1 Å². The number of aryl methyl sites for hydroxylation is 2. The number of benzene rings is 1. The molecule has 0 saturated carbocycles. The summed E-state index contributed by atoms with van der Waals surface area (Å²) >= 11 is 5.99. The van der Waals surface area contributed by atoms with Crippen LogP contribution in [-0.2, 0) is 13.2 Å². The highest BCUT2D eigenvalue weighted by atomic mass is 35.5. The average Bonchev–Trinajstić information content (AvgIpc) is 2.38. The van der Waals surface area contributed by atoms with Gasteiger partial charge in [0.25, 0.3) is 0 Å². The Morgan fingerprint density at radius 2 is 1.89 bits per heavy atom. The zero-order valence-electron chi connectivity index (χ0n) is 11.1. The number of pyridine rings is 1. The van der Waals surface area contributed by atoms with Gasteiger partial charge in [-0.25, -0.2) is 0 Å². The number of rotatable bonds is 4. The predicted molar refractivity (Wildman–Crippen MR) is 77.4 cm³/mol. The smallest absolute Gasteiger partial charge is 0.130 e. The van der Waals surface area contributed by atoms with Crippen molar-refractivity contribution in [1.29, 1.82) is 0 Å². The molecule has 2 rings (SSSR count). The highest BCUT2D eigenvalue weighted by Crippen LogP contribution is 2.27. The van der Waals surface area contributed by atoms with E-state index in [2.05, 4.69) is 4.98 Å². The summed E-state index contributed by atoms with van der Waals surface area (Å²) in [5, 5.41) is 0.729. The monoisotopic (exact) mass is 276 g/mol. The van der Waals surface area contributed by atoms with E-state index >= 15 is 0 Å². The number of aromatic nitrogens is 1. The van der Waals surface area contributed by atoms with E-state index in [1.165, 1.54) is 0 Å². The molecular weight excluding hydrogens is 260 g/mol. The van der Waals surface area contributed by atoms with Crippen molar-refractivity contribution >= 4 is 11.6 Å². The first kappa shape index (κ1) is 13.8. The fourth-order valence-electron chi connectivity index (χ4n) is 1.93. The average molecular weight is 277 g/mol. The molecule has 0 aliphatic carbocycles. The van der Waals surface area contributed by atoms with Crippen LogP contribution in [0, 0.1) is 13.8 Å². The van der Waals surface area contributed by atoms with Gasteiger partial charge in [-0.2, -0.15) is 0 Å². The Morgan fingerprint density at radius 1 is 1.21 bits per heavy atom. The third kappa shape index (κ3) is 3.46. The van der Waals surface area contributed by atoms with E-state index in [9.17, 15) is 0 Å². The lowest BCUT2D eigenvalue weighted by molar-refractivity contribution is 0.297.